The molecule has 0 unspecified atom stereocenters. The van der Waals surface area contributed by atoms with E-state index >= 15 is 0 Å². The smallest absolute Gasteiger partial charge is 0.192 e. The number of hydrogen-bond donors (Lipinski definition) is 0. The summed E-state index contributed by atoms with van der Waals surface area (Å²) in [7, 11) is -3.37. The average Bonchev–Trinajstić information content (AvgIpc) is 2.33. The molecule has 1 aromatic carbocycles. The molecule has 2 aromatic rings. The molecule has 1 heterocycles. The third-order valence-electron chi connectivity index (χ3n) is 2.21. The number of pyridine rings is 1. The molecular weight excluding hydrogens is 309 g/mol. The number of benzene rings is 1. The highest BCUT2D eigenvalue weighted by Gasteiger charge is 2.10. The molecule has 1 aromatic heterocycles. The van der Waals surface area contributed by atoms with Crippen LogP contribution in [0.1, 0.15) is 0 Å². The molecule has 0 spiro atoms. The van der Waals surface area contributed by atoms with Crippen LogP contribution in [-0.2, 0) is 9.84 Å². The minimum atomic E-state index is -3.37. The lowest BCUT2D eigenvalue weighted by Crippen LogP contribution is -2.00. The van der Waals surface area contributed by atoms with Crippen LogP contribution < -0.4 is 4.74 Å². The maximum atomic E-state index is 11.4. The summed E-state index contributed by atoms with van der Waals surface area (Å²) >= 11 is 11.7. The van der Waals surface area contributed by atoms with Gasteiger partial charge in [-0.2, -0.15) is 0 Å². The first-order valence-electron chi connectivity index (χ1n) is 5.15. The number of hydrogen-bond acceptors (Lipinski definition) is 4. The van der Waals surface area contributed by atoms with Crippen molar-refractivity contribution in [1.29, 1.82) is 0 Å². The lowest BCUT2D eigenvalue weighted by atomic mass is 10.3. The number of nitrogens with zero attached hydrogens (tertiary/aromatic N) is 1. The second kappa shape index (κ2) is 5.36. The fourth-order valence-corrected chi connectivity index (χ4v) is 2.20. The zero-order chi connectivity index (χ0) is 14.0. The Morgan fingerprint density at radius 2 is 1.74 bits per heavy atom. The first kappa shape index (κ1) is 14.1. The van der Waals surface area contributed by atoms with Gasteiger partial charge in [0.1, 0.15) is 11.5 Å². The van der Waals surface area contributed by atoms with E-state index in [1.165, 1.54) is 12.3 Å². The van der Waals surface area contributed by atoms with Crippen LogP contribution in [0.25, 0.3) is 0 Å². The minimum Gasteiger partial charge on any atom is -0.457 e. The van der Waals surface area contributed by atoms with E-state index in [4.69, 9.17) is 27.9 Å². The molecule has 4 nitrogen and oxygen atoms in total. The maximum absolute atomic E-state index is 11.4. The molecule has 2 rings (SSSR count). The lowest BCUT2D eigenvalue weighted by molar-refractivity contribution is 0.479. The summed E-state index contributed by atoms with van der Waals surface area (Å²) in [5.74, 6) is 0.814. The summed E-state index contributed by atoms with van der Waals surface area (Å²) in [6, 6.07) is 7.67. The molecule has 0 aliphatic rings. The van der Waals surface area contributed by atoms with Gasteiger partial charge in [0, 0.05) is 24.6 Å². The molecule has 0 amide bonds. The molecule has 0 saturated carbocycles. The Balaban J connectivity index is 2.31. The summed E-state index contributed by atoms with van der Waals surface area (Å²) in [5.41, 5.74) is 0. The fourth-order valence-electron chi connectivity index (χ4n) is 1.33. The van der Waals surface area contributed by atoms with E-state index in [2.05, 4.69) is 4.98 Å². The minimum absolute atomic E-state index is 0.0509. The molecule has 0 radical (unpaired) electrons. The van der Waals surface area contributed by atoms with Crippen LogP contribution in [0.3, 0.4) is 0 Å². The summed E-state index contributed by atoms with van der Waals surface area (Å²) in [4.78, 5) is 3.77. The van der Waals surface area contributed by atoms with Crippen molar-refractivity contribution in [3.63, 3.8) is 0 Å². The zero-order valence-corrected chi connectivity index (χ0v) is 12.1. The second-order valence-corrected chi connectivity index (χ2v) is 6.56. The van der Waals surface area contributed by atoms with Gasteiger partial charge < -0.3 is 4.74 Å². The molecule has 0 aliphatic carbocycles. The van der Waals surface area contributed by atoms with Gasteiger partial charge in [-0.3, -0.25) is 0 Å². The number of rotatable bonds is 3. The van der Waals surface area contributed by atoms with Crippen LogP contribution >= 0.6 is 23.2 Å². The highest BCUT2D eigenvalue weighted by molar-refractivity contribution is 7.90. The van der Waals surface area contributed by atoms with Crippen molar-refractivity contribution < 1.29 is 13.2 Å². The Hall–Kier alpha value is -1.30. The Labute approximate surface area is 120 Å². The second-order valence-electron chi connectivity index (χ2n) is 3.78. The zero-order valence-electron chi connectivity index (χ0n) is 9.80. The summed E-state index contributed by atoms with van der Waals surface area (Å²) in [6.07, 6.45) is 2.45. The van der Waals surface area contributed by atoms with Crippen molar-refractivity contribution in [3.8, 4) is 11.5 Å². The van der Waals surface area contributed by atoms with Crippen molar-refractivity contribution >= 4 is 33.0 Å². The molecule has 0 N–H and O–H groups in total. The van der Waals surface area contributed by atoms with E-state index in [0.717, 1.165) is 6.26 Å². The van der Waals surface area contributed by atoms with Gasteiger partial charge in [0.25, 0.3) is 0 Å². The number of sulfone groups is 1. The van der Waals surface area contributed by atoms with E-state index in [-0.39, 0.29) is 5.03 Å². The van der Waals surface area contributed by atoms with Gasteiger partial charge in [0.15, 0.2) is 14.9 Å². The molecule has 7 heteroatoms. The number of halogens is 2. The van der Waals surface area contributed by atoms with Gasteiger partial charge in [0.05, 0.1) is 10.0 Å². The quantitative estimate of drug-likeness (QED) is 0.868. The summed E-state index contributed by atoms with van der Waals surface area (Å²) < 4.78 is 28.3. The van der Waals surface area contributed by atoms with E-state index in [1.54, 1.807) is 24.3 Å². The summed E-state index contributed by atoms with van der Waals surface area (Å²) in [5, 5.41) is 0.724. The molecule has 19 heavy (non-hydrogen) atoms. The monoisotopic (exact) mass is 317 g/mol. The van der Waals surface area contributed by atoms with Crippen molar-refractivity contribution in [2.75, 3.05) is 6.26 Å². The predicted octanol–water partition coefficient (Wildman–Crippen LogP) is 3.58. The molecule has 0 fully saturated rings. The lowest BCUT2D eigenvalue weighted by Gasteiger charge is -2.07. The van der Waals surface area contributed by atoms with E-state index < -0.39 is 9.84 Å². The molecule has 0 atom stereocenters. The van der Waals surface area contributed by atoms with Crippen molar-refractivity contribution in [1.82, 2.24) is 4.98 Å². The van der Waals surface area contributed by atoms with Crippen molar-refractivity contribution in [3.05, 3.63) is 46.6 Å². The first-order chi connectivity index (χ1) is 8.86. The largest absolute Gasteiger partial charge is 0.457 e. The standard InChI is InChI=1S/C12H9Cl2NO3S/c1-19(16,17)12-7-9(4-5-15-12)18-8-2-3-10(13)11(14)6-8/h2-7H,1H3. The molecule has 0 aliphatic heterocycles. The van der Waals surface area contributed by atoms with Gasteiger partial charge in [0.2, 0.25) is 0 Å². The molecule has 0 saturated heterocycles. The van der Waals surface area contributed by atoms with Gasteiger partial charge >= 0.3 is 0 Å². The average molecular weight is 318 g/mol. The van der Waals surface area contributed by atoms with Gasteiger partial charge in [-0.1, -0.05) is 23.2 Å². The van der Waals surface area contributed by atoms with Crippen LogP contribution in [0, 0.1) is 0 Å². The Kier molecular flexibility index (Phi) is 3.99. The molecule has 0 bridgehead atoms. The van der Waals surface area contributed by atoms with E-state index in [9.17, 15) is 8.42 Å². The van der Waals surface area contributed by atoms with Crippen molar-refractivity contribution in [2.45, 2.75) is 5.03 Å². The third kappa shape index (κ3) is 3.59. The van der Waals surface area contributed by atoms with Crippen LogP contribution in [0.5, 0.6) is 11.5 Å². The fraction of sp³-hybridized carbons (Fsp3) is 0.0833. The maximum Gasteiger partial charge on any atom is 0.192 e. The number of ether oxygens (including phenoxy) is 1. The highest BCUT2D eigenvalue weighted by Crippen LogP contribution is 2.29. The van der Waals surface area contributed by atoms with Crippen LogP contribution in [0.15, 0.2) is 41.6 Å². The Morgan fingerprint density at radius 3 is 2.37 bits per heavy atom. The van der Waals surface area contributed by atoms with Gasteiger partial charge in [-0.25, -0.2) is 13.4 Å². The Bertz CT molecular complexity index is 717. The van der Waals surface area contributed by atoms with Gasteiger partial charge in [-0.15, -0.1) is 0 Å². The molecular formula is C12H9Cl2NO3S. The molecule has 100 valence electrons. The Morgan fingerprint density at radius 1 is 1.05 bits per heavy atom. The first-order valence-corrected chi connectivity index (χ1v) is 7.80. The topological polar surface area (TPSA) is 56.3 Å². The summed E-state index contributed by atoms with van der Waals surface area (Å²) in [6.45, 7) is 0. The van der Waals surface area contributed by atoms with E-state index in [0.29, 0.717) is 21.5 Å². The van der Waals surface area contributed by atoms with Gasteiger partial charge in [-0.05, 0) is 18.2 Å². The highest BCUT2D eigenvalue weighted by atomic mass is 35.5. The predicted molar refractivity (Wildman–Crippen MR) is 73.9 cm³/mol. The SMILES string of the molecule is CS(=O)(=O)c1cc(Oc2ccc(Cl)c(Cl)c2)ccn1. The van der Waals surface area contributed by atoms with Crippen LogP contribution in [0.4, 0.5) is 0 Å². The van der Waals surface area contributed by atoms with Crippen LogP contribution in [-0.4, -0.2) is 19.7 Å². The van der Waals surface area contributed by atoms with Crippen molar-refractivity contribution in [2.24, 2.45) is 0 Å². The van der Waals surface area contributed by atoms with Crippen LogP contribution in [0.2, 0.25) is 10.0 Å². The van der Waals surface area contributed by atoms with E-state index in [1.807, 2.05) is 0 Å². The number of aromatic nitrogens is 1. The normalized spacial score (nSPS) is 11.3. The third-order valence-corrected chi connectivity index (χ3v) is 3.94.